The van der Waals surface area contributed by atoms with Gasteiger partial charge in [0.05, 0.1) is 17.7 Å². The number of rotatable bonds is 3. The monoisotopic (exact) mass is 279 g/mol. The predicted molar refractivity (Wildman–Crippen MR) is 62.9 cm³/mol. The minimum Gasteiger partial charge on any atom is -0.495 e. The van der Waals surface area contributed by atoms with E-state index in [1.54, 1.807) is 0 Å². The maximum atomic E-state index is 12.7. The molecule has 0 heterocycles. The Balaban J connectivity index is 2.43. The Morgan fingerprint density at radius 1 is 1.39 bits per heavy atom. The maximum absolute atomic E-state index is 12.7. The third-order valence-electron chi connectivity index (χ3n) is 3.09. The highest BCUT2D eigenvalue weighted by atomic mass is 35.5. The van der Waals surface area contributed by atoms with Crippen LogP contribution in [0, 0.1) is 0 Å². The Kier molecular flexibility index (Phi) is 3.23. The van der Waals surface area contributed by atoms with Crippen LogP contribution in [-0.2, 0) is 12.6 Å². The molecule has 1 aliphatic carbocycles. The topological polar surface area (TPSA) is 35.2 Å². The Morgan fingerprint density at radius 2 is 2.00 bits per heavy atom. The van der Waals surface area contributed by atoms with Crippen molar-refractivity contribution in [3.63, 3.8) is 0 Å². The Labute approximate surface area is 108 Å². The number of methoxy groups -OCH3 is 1. The number of alkyl halides is 3. The fraction of sp³-hybridized carbons (Fsp3) is 0.500. The van der Waals surface area contributed by atoms with E-state index in [2.05, 4.69) is 0 Å². The number of halogens is 4. The van der Waals surface area contributed by atoms with E-state index in [0.717, 1.165) is 25.0 Å². The molecular formula is C12H13ClF3NO. The van der Waals surface area contributed by atoms with Crippen LogP contribution < -0.4 is 10.5 Å². The van der Waals surface area contributed by atoms with Gasteiger partial charge in [-0.15, -0.1) is 0 Å². The summed E-state index contributed by atoms with van der Waals surface area (Å²) in [7, 11) is 1.38. The van der Waals surface area contributed by atoms with Gasteiger partial charge in [0.1, 0.15) is 5.75 Å². The fourth-order valence-electron chi connectivity index (χ4n) is 1.89. The summed E-state index contributed by atoms with van der Waals surface area (Å²) in [5.41, 5.74) is 5.17. The second kappa shape index (κ2) is 4.31. The lowest BCUT2D eigenvalue weighted by atomic mass is 10.0. The van der Waals surface area contributed by atoms with Crippen molar-refractivity contribution in [1.82, 2.24) is 0 Å². The molecule has 0 amide bonds. The highest BCUT2D eigenvalue weighted by Gasteiger charge is 2.40. The Hall–Kier alpha value is -0.940. The lowest BCUT2D eigenvalue weighted by molar-refractivity contribution is -0.137. The van der Waals surface area contributed by atoms with Gasteiger partial charge in [-0.1, -0.05) is 11.6 Å². The number of hydrogen-bond acceptors (Lipinski definition) is 2. The van der Waals surface area contributed by atoms with Crippen molar-refractivity contribution in [2.24, 2.45) is 5.73 Å². The van der Waals surface area contributed by atoms with Gasteiger partial charge in [0.25, 0.3) is 0 Å². The third kappa shape index (κ3) is 2.72. The summed E-state index contributed by atoms with van der Waals surface area (Å²) in [6.45, 7) is 0. The summed E-state index contributed by atoms with van der Waals surface area (Å²) in [6.07, 6.45) is -2.45. The lowest BCUT2D eigenvalue weighted by Crippen LogP contribution is -2.25. The summed E-state index contributed by atoms with van der Waals surface area (Å²) in [5.74, 6) is 0.279. The molecule has 100 valence electrons. The molecule has 6 heteroatoms. The Bertz CT molecular complexity index is 469. The minimum absolute atomic E-state index is 0.0356. The van der Waals surface area contributed by atoms with Crippen LogP contribution in [-0.4, -0.2) is 12.6 Å². The molecule has 1 saturated carbocycles. The number of hydrogen-bond donors (Lipinski definition) is 1. The molecule has 2 rings (SSSR count). The molecule has 1 aromatic rings. The molecule has 0 saturated heterocycles. The van der Waals surface area contributed by atoms with Crippen LogP contribution in [0.5, 0.6) is 5.75 Å². The summed E-state index contributed by atoms with van der Waals surface area (Å²) < 4.78 is 43.2. The van der Waals surface area contributed by atoms with E-state index in [1.807, 2.05) is 0 Å². The summed E-state index contributed by atoms with van der Waals surface area (Å²) >= 11 is 5.82. The molecule has 2 N–H and O–H groups in total. The molecule has 1 aliphatic rings. The zero-order valence-electron chi connectivity index (χ0n) is 9.77. The molecule has 0 atom stereocenters. The molecule has 2 nitrogen and oxygen atoms in total. The predicted octanol–water partition coefficient (Wildman–Crippen LogP) is 3.40. The lowest BCUT2D eigenvalue weighted by Gasteiger charge is -2.17. The average molecular weight is 280 g/mol. The molecule has 0 spiro atoms. The van der Waals surface area contributed by atoms with Crippen molar-refractivity contribution in [1.29, 1.82) is 0 Å². The second-order valence-electron chi connectivity index (χ2n) is 4.69. The highest BCUT2D eigenvalue weighted by Crippen LogP contribution is 2.42. The van der Waals surface area contributed by atoms with Gasteiger partial charge < -0.3 is 10.5 Å². The molecule has 0 aliphatic heterocycles. The van der Waals surface area contributed by atoms with Gasteiger partial charge >= 0.3 is 6.18 Å². The average Bonchev–Trinajstić information content (AvgIpc) is 2.94. The van der Waals surface area contributed by atoms with Crippen molar-refractivity contribution < 1.29 is 17.9 Å². The van der Waals surface area contributed by atoms with Crippen molar-refractivity contribution in [2.45, 2.75) is 31.0 Å². The zero-order chi connectivity index (χ0) is 13.6. The van der Waals surface area contributed by atoms with E-state index >= 15 is 0 Å². The van der Waals surface area contributed by atoms with Crippen molar-refractivity contribution in [2.75, 3.05) is 7.11 Å². The minimum atomic E-state index is -4.42. The van der Waals surface area contributed by atoms with Gasteiger partial charge in [-0.3, -0.25) is 0 Å². The summed E-state index contributed by atoms with van der Waals surface area (Å²) in [5, 5.41) is -0.0356. The first kappa shape index (κ1) is 13.5. The van der Waals surface area contributed by atoms with E-state index < -0.39 is 17.3 Å². The van der Waals surface area contributed by atoms with Gasteiger partial charge in [-0.05, 0) is 37.0 Å². The van der Waals surface area contributed by atoms with Crippen LogP contribution in [0.1, 0.15) is 24.0 Å². The largest absolute Gasteiger partial charge is 0.495 e. The van der Waals surface area contributed by atoms with Gasteiger partial charge in [0.15, 0.2) is 0 Å². The van der Waals surface area contributed by atoms with Crippen LogP contribution in [0.25, 0.3) is 0 Å². The number of ether oxygens (including phenoxy) is 1. The molecule has 0 aromatic heterocycles. The van der Waals surface area contributed by atoms with Crippen molar-refractivity contribution in [3.8, 4) is 5.75 Å². The van der Waals surface area contributed by atoms with Crippen LogP contribution in [0.4, 0.5) is 13.2 Å². The van der Waals surface area contributed by atoms with Crippen molar-refractivity contribution >= 4 is 11.6 Å². The standard InChI is InChI=1S/C12H13ClF3NO/c1-18-10-7(6-11(17)2-3-11)4-8(5-9(10)13)12(14,15)16/h4-5H,2-3,6,17H2,1H3. The smallest absolute Gasteiger partial charge is 0.416 e. The molecule has 1 aromatic carbocycles. The van der Waals surface area contributed by atoms with Crippen LogP contribution >= 0.6 is 11.6 Å². The Morgan fingerprint density at radius 3 is 2.44 bits per heavy atom. The van der Waals surface area contributed by atoms with Gasteiger partial charge in [-0.25, -0.2) is 0 Å². The number of benzene rings is 1. The first-order valence-electron chi connectivity index (χ1n) is 5.48. The second-order valence-corrected chi connectivity index (χ2v) is 5.09. The third-order valence-corrected chi connectivity index (χ3v) is 3.37. The van der Waals surface area contributed by atoms with Crippen molar-refractivity contribution in [3.05, 3.63) is 28.3 Å². The molecular weight excluding hydrogens is 267 g/mol. The SMILES string of the molecule is COc1c(Cl)cc(C(F)(F)F)cc1CC1(N)CC1. The van der Waals surface area contributed by atoms with E-state index in [-0.39, 0.29) is 10.8 Å². The quantitative estimate of drug-likeness (QED) is 0.920. The molecule has 1 fully saturated rings. The van der Waals surface area contributed by atoms with Crippen LogP contribution in [0.2, 0.25) is 5.02 Å². The first-order chi connectivity index (χ1) is 8.25. The van der Waals surface area contributed by atoms with E-state index in [1.165, 1.54) is 7.11 Å². The van der Waals surface area contributed by atoms with Gasteiger partial charge in [0.2, 0.25) is 0 Å². The van der Waals surface area contributed by atoms with Crippen LogP contribution in [0.3, 0.4) is 0 Å². The molecule has 0 unspecified atom stereocenters. The number of nitrogens with two attached hydrogens (primary N) is 1. The van der Waals surface area contributed by atoms with Gasteiger partial charge in [0, 0.05) is 5.54 Å². The molecule has 0 bridgehead atoms. The highest BCUT2D eigenvalue weighted by molar-refractivity contribution is 6.32. The zero-order valence-corrected chi connectivity index (χ0v) is 10.5. The first-order valence-corrected chi connectivity index (χ1v) is 5.85. The van der Waals surface area contributed by atoms with E-state index in [9.17, 15) is 13.2 Å². The summed E-state index contributed by atoms with van der Waals surface area (Å²) in [6, 6.07) is 1.94. The molecule has 18 heavy (non-hydrogen) atoms. The summed E-state index contributed by atoms with van der Waals surface area (Å²) in [4.78, 5) is 0. The van der Waals surface area contributed by atoms with Crippen LogP contribution in [0.15, 0.2) is 12.1 Å². The normalized spacial score (nSPS) is 17.7. The maximum Gasteiger partial charge on any atom is 0.416 e. The van der Waals surface area contributed by atoms with E-state index in [0.29, 0.717) is 12.0 Å². The van der Waals surface area contributed by atoms with E-state index in [4.69, 9.17) is 22.1 Å². The van der Waals surface area contributed by atoms with Gasteiger partial charge in [-0.2, -0.15) is 13.2 Å². The fourth-order valence-corrected chi connectivity index (χ4v) is 2.21. The molecule has 0 radical (unpaired) electrons.